The molecular weight excluding hydrogens is 508 g/mol. The number of rotatable bonds is 7. The summed E-state index contributed by atoms with van der Waals surface area (Å²) in [4.78, 5) is 4.67. The molecule has 0 N–H and O–H groups in total. The van der Waals surface area contributed by atoms with Crippen LogP contribution < -0.4 is 9.80 Å². The van der Waals surface area contributed by atoms with Gasteiger partial charge in [0.2, 0.25) is 0 Å². The van der Waals surface area contributed by atoms with Crippen molar-refractivity contribution < 1.29 is 0 Å². The van der Waals surface area contributed by atoms with E-state index in [0.717, 1.165) is 22.7 Å². The third-order valence-corrected chi connectivity index (χ3v) is 7.80. The third kappa shape index (κ3) is 5.57. The first-order valence-electron chi connectivity index (χ1n) is 14.5. The highest BCUT2D eigenvalue weighted by Gasteiger charge is 2.17. The normalized spacial score (nSPS) is 10.9. The summed E-state index contributed by atoms with van der Waals surface area (Å²) >= 11 is 0. The van der Waals surface area contributed by atoms with Crippen LogP contribution in [0.3, 0.4) is 0 Å². The topological polar surface area (TPSA) is 6.48 Å². The molecule has 0 aliphatic carbocycles. The van der Waals surface area contributed by atoms with Gasteiger partial charge in [0.25, 0.3) is 0 Å². The SMILES string of the molecule is Cc1ccc(N(c2ccc(-c3ccc(N(c4ccccc4)c4ccccc4)cc3)cc2)c2ccc(C)cc2C)c(C)c1. The molecule has 0 fully saturated rings. The molecule has 2 nitrogen and oxygen atoms in total. The van der Waals surface area contributed by atoms with Gasteiger partial charge in [0.1, 0.15) is 0 Å². The first-order chi connectivity index (χ1) is 20.5. The highest BCUT2D eigenvalue weighted by Crippen LogP contribution is 2.40. The summed E-state index contributed by atoms with van der Waals surface area (Å²) in [5.74, 6) is 0. The van der Waals surface area contributed by atoms with E-state index < -0.39 is 0 Å². The van der Waals surface area contributed by atoms with Crippen molar-refractivity contribution >= 4 is 34.1 Å². The zero-order valence-electron chi connectivity index (χ0n) is 24.8. The highest BCUT2D eigenvalue weighted by molar-refractivity contribution is 5.82. The molecule has 6 aromatic rings. The van der Waals surface area contributed by atoms with E-state index in [1.807, 2.05) is 0 Å². The number of hydrogen-bond donors (Lipinski definition) is 0. The molecule has 0 heterocycles. The van der Waals surface area contributed by atoms with Gasteiger partial charge >= 0.3 is 0 Å². The molecular formula is C40H36N2. The molecule has 0 saturated heterocycles. The summed E-state index contributed by atoms with van der Waals surface area (Å²) in [6.07, 6.45) is 0. The summed E-state index contributed by atoms with van der Waals surface area (Å²) in [5.41, 5.74) is 14.4. The van der Waals surface area contributed by atoms with Crippen LogP contribution in [0, 0.1) is 27.7 Å². The Bertz CT molecular complexity index is 1700. The van der Waals surface area contributed by atoms with Crippen molar-refractivity contribution in [1.82, 2.24) is 0 Å². The van der Waals surface area contributed by atoms with E-state index in [1.165, 1.54) is 44.8 Å². The fourth-order valence-electron chi connectivity index (χ4n) is 5.73. The van der Waals surface area contributed by atoms with Gasteiger partial charge in [-0.25, -0.2) is 0 Å². The minimum absolute atomic E-state index is 1.13. The molecule has 0 saturated carbocycles. The summed E-state index contributed by atoms with van der Waals surface area (Å²) in [6, 6.07) is 52.2. The van der Waals surface area contributed by atoms with Gasteiger partial charge in [0.15, 0.2) is 0 Å². The number of hydrogen-bond acceptors (Lipinski definition) is 2. The Morgan fingerprint density at radius 2 is 0.690 bits per heavy atom. The zero-order chi connectivity index (χ0) is 29.1. The number of anilines is 6. The minimum atomic E-state index is 1.13. The van der Waals surface area contributed by atoms with Gasteiger partial charge < -0.3 is 9.80 Å². The molecule has 0 spiro atoms. The lowest BCUT2D eigenvalue weighted by Gasteiger charge is -2.29. The Labute approximate surface area is 250 Å². The Morgan fingerprint density at radius 1 is 0.333 bits per heavy atom. The molecule has 0 atom stereocenters. The maximum Gasteiger partial charge on any atom is 0.0491 e. The van der Waals surface area contributed by atoms with Crippen LogP contribution in [0.1, 0.15) is 22.3 Å². The molecule has 6 aromatic carbocycles. The van der Waals surface area contributed by atoms with Crippen LogP contribution in [-0.2, 0) is 0 Å². The van der Waals surface area contributed by atoms with Crippen molar-refractivity contribution in [2.75, 3.05) is 9.80 Å². The smallest absolute Gasteiger partial charge is 0.0491 e. The van der Waals surface area contributed by atoms with Gasteiger partial charge in [-0.1, -0.05) is 96.1 Å². The average molecular weight is 545 g/mol. The van der Waals surface area contributed by atoms with Crippen LogP contribution in [0.2, 0.25) is 0 Å². The number of nitrogens with zero attached hydrogens (tertiary/aromatic N) is 2. The van der Waals surface area contributed by atoms with Crippen molar-refractivity contribution in [3.8, 4) is 11.1 Å². The fourth-order valence-corrected chi connectivity index (χ4v) is 5.73. The van der Waals surface area contributed by atoms with Gasteiger partial charge in [-0.3, -0.25) is 0 Å². The van der Waals surface area contributed by atoms with Crippen molar-refractivity contribution in [3.05, 3.63) is 168 Å². The molecule has 0 aliphatic heterocycles. The van der Waals surface area contributed by atoms with Gasteiger partial charge in [0.05, 0.1) is 0 Å². The Balaban J connectivity index is 1.34. The molecule has 0 aromatic heterocycles. The van der Waals surface area contributed by atoms with E-state index in [9.17, 15) is 0 Å². The van der Waals surface area contributed by atoms with Crippen molar-refractivity contribution in [2.45, 2.75) is 27.7 Å². The molecule has 0 radical (unpaired) electrons. The summed E-state index contributed by atoms with van der Waals surface area (Å²) < 4.78 is 0. The molecule has 0 unspecified atom stereocenters. The van der Waals surface area contributed by atoms with Crippen LogP contribution in [0.15, 0.2) is 146 Å². The Morgan fingerprint density at radius 3 is 1.07 bits per heavy atom. The predicted octanol–water partition coefficient (Wildman–Crippen LogP) is 11.5. The van der Waals surface area contributed by atoms with Gasteiger partial charge in [-0.05, 0) is 111 Å². The van der Waals surface area contributed by atoms with Crippen molar-refractivity contribution in [1.29, 1.82) is 0 Å². The summed E-state index contributed by atoms with van der Waals surface area (Å²) in [7, 11) is 0. The molecule has 42 heavy (non-hydrogen) atoms. The first-order valence-corrected chi connectivity index (χ1v) is 14.5. The number of aryl methyl sites for hydroxylation is 4. The van der Waals surface area contributed by atoms with Crippen molar-refractivity contribution in [3.63, 3.8) is 0 Å². The second-order valence-corrected chi connectivity index (χ2v) is 11.0. The molecule has 0 bridgehead atoms. The van der Waals surface area contributed by atoms with Gasteiger partial charge in [0, 0.05) is 34.1 Å². The maximum atomic E-state index is 2.38. The Kier molecular flexibility index (Phi) is 7.62. The lowest BCUT2D eigenvalue weighted by atomic mass is 10.0. The van der Waals surface area contributed by atoms with E-state index in [2.05, 4.69) is 183 Å². The van der Waals surface area contributed by atoms with E-state index in [1.54, 1.807) is 0 Å². The standard InChI is InChI=1S/C40H36N2/c1-29-15-25-39(31(3)27-29)42(40-26-16-30(2)28-32(40)4)38-23-19-34(20-24-38)33-17-21-37(22-18-33)41(35-11-7-5-8-12-35)36-13-9-6-10-14-36/h5-28H,1-4H3. The highest BCUT2D eigenvalue weighted by atomic mass is 15.1. The fraction of sp³-hybridized carbons (Fsp3) is 0.100. The zero-order valence-corrected chi connectivity index (χ0v) is 24.8. The van der Waals surface area contributed by atoms with Crippen molar-refractivity contribution in [2.24, 2.45) is 0 Å². The summed E-state index contributed by atoms with van der Waals surface area (Å²) in [5, 5.41) is 0. The molecule has 206 valence electrons. The van der Waals surface area contributed by atoms with Crippen LogP contribution >= 0.6 is 0 Å². The van der Waals surface area contributed by atoms with Crippen LogP contribution in [0.4, 0.5) is 34.1 Å². The Hall–Kier alpha value is -5.08. The van der Waals surface area contributed by atoms with E-state index in [-0.39, 0.29) is 0 Å². The lowest BCUT2D eigenvalue weighted by molar-refractivity contribution is 1.21. The largest absolute Gasteiger partial charge is 0.311 e. The van der Waals surface area contributed by atoms with E-state index in [0.29, 0.717) is 0 Å². The lowest BCUT2D eigenvalue weighted by Crippen LogP contribution is -2.13. The summed E-state index contributed by atoms with van der Waals surface area (Å²) in [6.45, 7) is 8.69. The molecule has 0 aliphatic rings. The average Bonchev–Trinajstić information content (AvgIpc) is 3.01. The number of benzene rings is 6. The molecule has 0 amide bonds. The third-order valence-electron chi connectivity index (χ3n) is 7.80. The van der Waals surface area contributed by atoms with Crippen LogP contribution in [0.25, 0.3) is 11.1 Å². The van der Waals surface area contributed by atoms with E-state index in [4.69, 9.17) is 0 Å². The predicted molar refractivity (Wildman–Crippen MR) is 180 cm³/mol. The minimum Gasteiger partial charge on any atom is -0.311 e. The van der Waals surface area contributed by atoms with E-state index >= 15 is 0 Å². The van der Waals surface area contributed by atoms with Gasteiger partial charge in [-0.2, -0.15) is 0 Å². The van der Waals surface area contributed by atoms with Crippen LogP contribution in [-0.4, -0.2) is 0 Å². The second kappa shape index (κ2) is 11.8. The van der Waals surface area contributed by atoms with Gasteiger partial charge in [-0.15, -0.1) is 0 Å². The quantitative estimate of drug-likeness (QED) is 0.197. The second-order valence-electron chi connectivity index (χ2n) is 11.0. The van der Waals surface area contributed by atoms with Crippen LogP contribution in [0.5, 0.6) is 0 Å². The molecule has 2 heteroatoms. The number of para-hydroxylation sites is 2. The first kappa shape index (κ1) is 27.1. The molecule has 6 rings (SSSR count). The maximum absolute atomic E-state index is 2.38. The monoisotopic (exact) mass is 544 g/mol.